The van der Waals surface area contributed by atoms with Gasteiger partial charge in [0.25, 0.3) is 5.91 Å². The maximum atomic E-state index is 15.1. The summed E-state index contributed by atoms with van der Waals surface area (Å²) in [5, 5.41) is 7.19. The van der Waals surface area contributed by atoms with Gasteiger partial charge in [0, 0.05) is 17.6 Å². The molecule has 2 aromatic heterocycles. The number of nitrogens with one attached hydrogen (secondary N) is 1. The highest BCUT2D eigenvalue weighted by atomic mass is 19.4. The summed E-state index contributed by atoms with van der Waals surface area (Å²) in [5.41, 5.74) is 16.3. The van der Waals surface area contributed by atoms with Crippen LogP contribution in [0, 0.1) is 24.1 Å². The first-order valence-corrected chi connectivity index (χ1v) is 13.7. The number of alkyl halides is 3. The Kier molecular flexibility index (Phi) is 8.17. The molecule has 5 rings (SSSR count). The maximum Gasteiger partial charge on any atom is 0.435 e. The Morgan fingerprint density at radius 2 is 1.93 bits per heavy atom. The van der Waals surface area contributed by atoms with Gasteiger partial charge in [-0.25, -0.2) is 14.1 Å². The number of nitrogens with zero attached hydrogens (tertiary/aromatic N) is 3. The highest BCUT2D eigenvalue weighted by molar-refractivity contribution is 6.04. The van der Waals surface area contributed by atoms with E-state index >= 15 is 4.39 Å². The molecule has 1 unspecified atom stereocenters. The molecule has 1 saturated carbocycles. The predicted octanol–water partition coefficient (Wildman–Crippen LogP) is 5.79. The van der Waals surface area contributed by atoms with Gasteiger partial charge in [0.15, 0.2) is 5.69 Å². The Balaban J connectivity index is 1.55. The smallest absolute Gasteiger partial charge is 0.405 e. The molecule has 1 atom stereocenters. The van der Waals surface area contributed by atoms with Gasteiger partial charge in [0.2, 0.25) is 0 Å². The molecule has 1 fully saturated rings. The number of terminal acetylenes is 1. The highest BCUT2D eigenvalue weighted by Gasteiger charge is 2.37. The molecule has 12 heteroatoms. The zero-order valence-corrected chi connectivity index (χ0v) is 23.4. The lowest BCUT2D eigenvalue weighted by Gasteiger charge is -2.32. The number of pyridine rings is 1. The number of benzene rings is 2. The summed E-state index contributed by atoms with van der Waals surface area (Å²) in [4.78, 5) is 17.5. The standard InChI is InChI=1S/C32H29F4N7O/c1-2-3-21(11-14-37)31(39,13-10-19-4-5-19)22-7-9-25(33)26(16-22)41-30(44)27-18-28(32(34,35)36)42-43(27)23-8-6-20-12-15-40-29(38)24(20)17-23/h1,3,6-9,11-12,14-19H,4-5,10,13,37,39H2,(H2,38,40)(H,41,44)/b14-11-,21-3+. The molecule has 7 N–H and O–H groups in total. The van der Waals surface area contributed by atoms with Crippen molar-refractivity contribution in [3.8, 4) is 18.0 Å². The summed E-state index contributed by atoms with van der Waals surface area (Å²) < 4.78 is 57.2. The van der Waals surface area contributed by atoms with Crippen LogP contribution in [0.25, 0.3) is 16.5 Å². The molecule has 4 aromatic rings. The number of fused-ring (bicyclic) bond motifs is 1. The van der Waals surface area contributed by atoms with Crippen molar-refractivity contribution >= 4 is 28.2 Å². The maximum absolute atomic E-state index is 15.1. The predicted molar refractivity (Wildman–Crippen MR) is 161 cm³/mol. The number of anilines is 2. The highest BCUT2D eigenvalue weighted by Crippen LogP contribution is 2.41. The number of carbonyl (C=O) groups excluding carboxylic acids is 1. The number of nitrogens with two attached hydrogens (primary N) is 3. The number of carbonyl (C=O) groups is 1. The van der Waals surface area contributed by atoms with E-state index in [0.29, 0.717) is 40.3 Å². The van der Waals surface area contributed by atoms with Crippen molar-refractivity contribution in [2.45, 2.75) is 37.4 Å². The third kappa shape index (κ3) is 6.14. The molecule has 0 spiro atoms. The number of nitrogen functional groups attached to an aromatic ring is 1. The van der Waals surface area contributed by atoms with Gasteiger partial charge in [-0.2, -0.15) is 18.3 Å². The zero-order valence-electron chi connectivity index (χ0n) is 23.4. The Bertz CT molecular complexity index is 1830. The molecule has 44 heavy (non-hydrogen) atoms. The fourth-order valence-corrected chi connectivity index (χ4v) is 5.09. The van der Waals surface area contributed by atoms with Crippen LogP contribution in [0.1, 0.15) is 47.4 Å². The molecular weight excluding hydrogens is 574 g/mol. The van der Waals surface area contributed by atoms with Gasteiger partial charge in [-0.1, -0.05) is 30.9 Å². The van der Waals surface area contributed by atoms with Crippen LogP contribution in [0.5, 0.6) is 0 Å². The van der Waals surface area contributed by atoms with Gasteiger partial charge >= 0.3 is 6.18 Å². The molecule has 0 saturated heterocycles. The van der Waals surface area contributed by atoms with Crippen molar-refractivity contribution in [3.05, 3.63) is 101 Å². The average Bonchev–Trinajstić information content (AvgIpc) is 3.71. The minimum Gasteiger partial charge on any atom is -0.405 e. The van der Waals surface area contributed by atoms with Crippen molar-refractivity contribution in [3.63, 3.8) is 0 Å². The molecule has 0 aliphatic heterocycles. The number of hydrogen-bond donors (Lipinski definition) is 4. The summed E-state index contributed by atoms with van der Waals surface area (Å²) in [7, 11) is 0. The topological polar surface area (TPSA) is 138 Å². The molecule has 0 bridgehead atoms. The SMILES string of the molecule is C#C/C=C(\C=C/N)C(N)(CCC1CC1)c1ccc(F)c(NC(=O)c2cc(C(F)(F)F)nn2-c2ccc3ccnc(N)c3c2)c1. The normalized spacial score (nSPS) is 15.3. The summed E-state index contributed by atoms with van der Waals surface area (Å²) in [6.45, 7) is 0. The average molecular weight is 604 g/mol. The molecule has 226 valence electrons. The molecule has 2 heterocycles. The summed E-state index contributed by atoms with van der Waals surface area (Å²) in [5.74, 6) is 1.25. The van der Waals surface area contributed by atoms with Crippen molar-refractivity contribution in [1.82, 2.24) is 14.8 Å². The second kappa shape index (κ2) is 11.9. The van der Waals surface area contributed by atoms with Gasteiger partial charge < -0.3 is 22.5 Å². The van der Waals surface area contributed by atoms with Crippen LogP contribution in [-0.4, -0.2) is 20.7 Å². The number of amides is 1. The van der Waals surface area contributed by atoms with E-state index in [1.807, 2.05) is 0 Å². The number of rotatable bonds is 9. The third-order valence-electron chi connectivity index (χ3n) is 7.66. The quantitative estimate of drug-likeness (QED) is 0.109. The largest absolute Gasteiger partial charge is 0.435 e. The van der Waals surface area contributed by atoms with Gasteiger partial charge in [0.1, 0.15) is 17.3 Å². The van der Waals surface area contributed by atoms with Gasteiger partial charge in [-0.05, 0) is 84.0 Å². The van der Waals surface area contributed by atoms with E-state index in [1.54, 1.807) is 18.2 Å². The summed E-state index contributed by atoms with van der Waals surface area (Å²) in [6.07, 6.45) is 9.91. The monoisotopic (exact) mass is 603 g/mol. The zero-order chi connectivity index (χ0) is 31.6. The number of allylic oxidation sites excluding steroid dienone is 1. The minimum atomic E-state index is -4.86. The van der Waals surface area contributed by atoms with E-state index in [4.69, 9.17) is 23.6 Å². The third-order valence-corrected chi connectivity index (χ3v) is 7.66. The van der Waals surface area contributed by atoms with Gasteiger partial charge in [-0.15, -0.1) is 6.42 Å². The molecule has 2 aromatic carbocycles. The Labute approximate surface area is 250 Å². The first kappa shape index (κ1) is 30.3. The first-order chi connectivity index (χ1) is 20.9. The molecule has 1 aliphatic rings. The van der Waals surface area contributed by atoms with Crippen LogP contribution in [-0.2, 0) is 11.7 Å². The second-order valence-electron chi connectivity index (χ2n) is 10.7. The fourth-order valence-electron chi connectivity index (χ4n) is 5.09. The van der Waals surface area contributed by atoms with Crippen LogP contribution in [0.3, 0.4) is 0 Å². The van der Waals surface area contributed by atoms with E-state index < -0.39 is 34.8 Å². The Morgan fingerprint density at radius 3 is 2.61 bits per heavy atom. The lowest BCUT2D eigenvalue weighted by molar-refractivity contribution is -0.141. The van der Waals surface area contributed by atoms with Crippen LogP contribution in [0.15, 0.2) is 78.7 Å². The number of aromatic nitrogens is 3. The van der Waals surface area contributed by atoms with E-state index in [1.165, 1.54) is 42.7 Å². The molecular formula is C32H29F4N7O. The lowest BCUT2D eigenvalue weighted by atomic mass is 9.78. The van der Waals surface area contributed by atoms with E-state index in [0.717, 1.165) is 30.0 Å². The van der Waals surface area contributed by atoms with Crippen LogP contribution >= 0.6 is 0 Å². The van der Waals surface area contributed by atoms with Crippen LogP contribution < -0.4 is 22.5 Å². The second-order valence-corrected chi connectivity index (χ2v) is 10.7. The first-order valence-electron chi connectivity index (χ1n) is 13.7. The molecule has 0 radical (unpaired) electrons. The molecule has 1 amide bonds. The van der Waals surface area contributed by atoms with Crippen molar-refractivity contribution in [1.29, 1.82) is 0 Å². The van der Waals surface area contributed by atoms with E-state index in [9.17, 15) is 18.0 Å². The van der Waals surface area contributed by atoms with Crippen molar-refractivity contribution in [2.75, 3.05) is 11.1 Å². The molecule has 1 aliphatic carbocycles. The van der Waals surface area contributed by atoms with E-state index in [2.05, 4.69) is 21.3 Å². The summed E-state index contributed by atoms with van der Waals surface area (Å²) in [6, 6.07) is 10.8. The van der Waals surface area contributed by atoms with Crippen molar-refractivity contribution < 1.29 is 22.4 Å². The van der Waals surface area contributed by atoms with Crippen LogP contribution in [0.4, 0.5) is 29.1 Å². The lowest BCUT2D eigenvalue weighted by Crippen LogP contribution is -2.39. The number of halogens is 4. The fraction of sp³-hybridized carbons (Fsp3) is 0.219. The van der Waals surface area contributed by atoms with Crippen molar-refractivity contribution in [2.24, 2.45) is 17.4 Å². The van der Waals surface area contributed by atoms with Gasteiger partial charge in [-0.3, -0.25) is 4.79 Å². The van der Waals surface area contributed by atoms with Gasteiger partial charge in [0.05, 0.1) is 16.9 Å². The Morgan fingerprint density at radius 1 is 1.16 bits per heavy atom. The number of hydrogen-bond acceptors (Lipinski definition) is 6. The van der Waals surface area contributed by atoms with E-state index in [-0.39, 0.29) is 17.2 Å². The Hall–Kier alpha value is -5.15. The van der Waals surface area contributed by atoms with Crippen LogP contribution in [0.2, 0.25) is 0 Å². The minimum absolute atomic E-state index is 0.116. The summed E-state index contributed by atoms with van der Waals surface area (Å²) >= 11 is 0. The molecule has 8 nitrogen and oxygen atoms in total.